The van der Waals surface area contributed by atoms with E-state index in [1.165, 1.54) is 9.13 Å². The lowest BCUT2D eigenvalue weighted by atomic mass is 10.1. The molecule has 29 heavy (non-hydrogen) atoms. The van der Waals surface area contributed by atoms with E-state index < -0.39 is 0 Å². The summed E-state index contributed by atoms with van der Waals surface area (Å²) in [6, 6.07) is 10.1. The maximum atomic E-state index is 13.4. The van der Waals surface area contributed by atoms with Crippen LogP contribution >= 0.6 is 0 Å². The van der Waals surface area contributed by atoms with Gasteiger partial charge in [0, 0.05) is 31.0 Å². The highest BCUT2D eigenvalue weighted by molar-refractivity contribution is 5.76. The number of imidazole rings is 2. The van der Waals surface area contributed by atoms with Gasteiger partial charge in [-0.15, -0.1) is 0 Å². The Morgan fingerprint density at radius 1 is 1.07 bits per heavy atom. The Kier molecular flexibility index (Phi) is 4.68. The predicted molar refractivity (Wildman–Crippen MR) is 115 cm³/mol. The van der Waals surface area contributed by atoms with Crippen LogP contribution < -0.4 is 11.2 Å². The molecule has 0 amide bonds. The van der Waals surface area contributed by atoms with Gasteiger partial charge in [-0.2, -0.15) is 4.98 Å². The number of hydrogen-bond acceptors (Lipinski definition) is 3. The molecule has 4 aromatic rings. The fourth-order valence-corrected chi connectivity index (χ4v) is 4.07. The molecule has 0 aliphatic rings. The molecule has 0 saturated carbocycles. The molecular weight excluding hydrogens is 366 g/mol. The summed E-state index contributed by atoms with van der Waals surface area (Å²) in [5, 5.41) is 0. The van der Waals surface area contributed by atoms with E-state index in [9.17, 15) is 9.59 Å². The summed E-state index contributed by atoms with van der Waals surface area (Å²) in [7, 11) is 1.69. The van der Waals surface area contributed by atoms with Crippen molar-refractivity contribution < 1.29 is 0 Å². The van der Waals surface area contributed by atoms with E-state index in [1.807, 2.05) is 41.7 Å². The predicted octanol–water partition coefficient (Wildman–Crippen LogP) is 2.98. The van der Waals surface area contributed by atoms with Gasteiger partial charge in [0.2, 0.25) is 5.78 Å². The highest BCUT2D eigenvalue weighted by Gasteiger charge is 2.23. The van der Waals surface area contributed by atoms with Crippen LogP contribution in [0.25, 0.3) is 16.9 Å². The second kappa shape index (κ2) is 7.06. The minimum Gasteiger partial charge on any atom is -0.311 e. The quantitative estimate of drug-likeness (QED) is 0.524. The van der Waals surface area contributed by atoms with E-state index >= 15 is 0 Å². The number of benzene rings is 1. The molecule has 1 atom stereocenters. The van der Waals surface area contributed by atoms with E-state index in [2.05, 4.69) is 25.3 Å². The van der Waals surface area contributed by atoms with Crippen molar-refractivity contribution in [2.24, 2.45) is 7.05 Å². The molecule has 1 aromatic carbocycles. The maximum absolute atomic E-state index is 13.4. The Morgan fingerprint density at radius 3 is 2.41 bits per heavy atom. The van der Waals surface area contributed by atoms with Gasteiger partial charge in [-0.1, -0.05) is 37.3 Å². The van der Waals surface area contributed by atoms with Crippen LogP contribution in [0.2, 0.25) is 0 Å². The lowest BCUT2D eigenvalue weighted by Gasteiger charge is -2.13. The fourth-order valence-electron chi connectivity index (χ4n) is 4.07. The summed E-state index contributed by atoms with van der Waals surface area (Å²) in [5.41, 5.74) is 3.46. The molecule has 0 bridgehead atoms. The van der Waals surface area contributed by atoms with Crippen LogP contribution in [0.5, 0.6) is 0 Å². The molecule has 3 heterocycles. The van der Waals surface area contributed by atoms with Gasteiger partial charge in [-0.25, -0.2) is 4.79 Å². The Bertz CT molecular complexity index is 1320. The lowest BCUT2D eigenvalue weighted by molar-refractivity contribution is 0.532. The Balaban J connectivity index is 1.97. The van der Waals surface area contributed by atoms with Crippen LogP contribution in [0, 0.1) is 13.8 Å². The zero-order valence-corrected chi connectivity index (χ0v) is 17.6. The van der Waals surface area contributed by atoms with Crippen LogP contribution in [0.15, 0.2) is 39.9 Å². The Morgan fingerprint density at radius 2 is 1.76 bits per heavy atom. The van der Waals surface area contributed by atoms with Crippen molar-refractivity contribution in [3.05, 3.63) is 68.1 Å². The first-order chi connectivity index (χ1) is 13.9. The number of aromatic nitrogens is 5. The van der Waals surface area contributed by atoms with Gasteiger partial charge in [0.15, 0.2) is 11.2 Å². The first-order valence-corrected chi connectivity index (χ1v) is 10.1. The highest BCUT2D eigenvalue weighted by Crippen LogP contribution is 2.25. The van der Waals surface area contributed by atoms with Crippen LogP contribution in [-0.2, 0) is 20.0 Å². The summed E-state index contributed by atoms with van der Waals surface area (Å²) in [5.74, 6) is 0.720. The van der Waals surface area contributed by atoms with Crippen molar-refractivity contribution in [3.63, 3.8) is 0 Å². The average molecular weight is 393 g/mol. The third-order valence-corrected chi connectivity index (χ3v) is 6.06. The molecule has 0 radical (unpaired) electrons. The summed E-state index contributed by atoms with van der Waals surface area (Å²) in [4.78, 5) is 31.0. The second-order valence-corrected chi connectivity index (χ2v) is 7.75. The number of fused-ring (bicyclic) bond motifs is 3. The lowest BCUT2D eigenvalue weighted by Crippen LogP contribution is -2.39. The summed E-state index contributed by atoms with van der Waals surface area (Å²) in [6.45, 7) is 8.66. The maximum Gasteiger partial charge on any atom is 0.332 e. The van der Waals surface area contributed by atoms with Gasteiger partial charge < -0.3 is 4.57 Å². The molecule has 0 N–H and O–H groups in total. The number of aryl methyl sites for hydroxylation is 3. The van der Waals surface area contributed by atoms with E-state index in [0.717, 1.165) is 29.1 Å². The molecule has 0 aliphatic carbocycles. The second-order valence-electron chi connectivity index (χ2n) is 7.75. The van der Waals surface area contributed by atoms with Crippen molar-refractivity contribution in [3.8, 4) is 0 Å². The SMILES string of the molecule is CC[C@H](C)n1c(C)c(C)n2c3c(=O)n(CCc4ccccc4)c(=O)n(C)c3nc12. The van der Waals surface area contributed by atoms with E-state index in [4.69, 9.17) is 4.98 Å². The van der Waals surface area contributed by atoms with Crippen molar-refractivity contribution >= 4 is 16.9 Å². The van der Waals surface area contributed by atoms with Gasteiger partial charge in [-0.3, -0.25) is 18.3 Å². The van der Waals surface area contributed by atoms with Crippen molar-refractivity contribution in [1.29, 1.82) is 0 Å². The Labute approximate surface area is 168 Å². The van der Waals surface area contributed by atoms with E-state index in [-0.39, 0.29) is 17.3 Å². The van der Waals surface area contributed by atoms with Crippen molar-refractivity contribution in [2.45, 2.75) is 53.1 Å². The largest absolute Gasteiger partial charge is 0.332 e. The number of rotatable bonds is 5. The highest BCUT2D eigenvalue weighted by atomic mass is 16.2. The molecule has 0 fully saturated rings. The molecule has 7 nitrogen and oxygen atoms in total. The van der Waals surface area contributed by atoms with Gasteiger partial charge in [0.05, 0.1) is 0 Å². The minimum absolute atomic E-state index is 0.250. The molecule has 0 unspecified atom stereocenters. The summed E-state index contributed by atoms with van der Waals surface area (Å²) < 4.78 is 6.90. The van der Waals surface area contributed by atoms with E-state index in [0.29, 0.717) is 24.1 Å². The standard InChI is InChI=1S/C22H27N5O2/c1-6-14(2)26-15(3)16(4)27-18-19(23-21(26)27)24(5)22(29)25(20(18)28)13-12-17-10-8-7-9-11-17/h7-11,14H,6,12-13H2,1-5H3/t14-/m0/s1. The summed E-state index contributed by atoms with van der Waals surface area (Å²) in [6.07, 6.45) is 1.57. The van der Waals surface area contributed by atoms with E-state index in [1.54, 1.807) is 7.05 Å². The number of hydrogen-bond donors (Lipinski definition) is 0. The zero-order chi connectivity index (χ0) is 20.9. The van der Waals surface area contributed by atoms with Gasteiger partial charge in [-0.05, 0) is 39.2 Å². The molecule has 3 aromatic heterocycles. The van der Waals surface area contributed by atoms with Crippen LogP contribution in [0.4, 0.5) is 0 Å². The van der Waals surface area contributed by atoms with Crippen LogP contribution in [-0.4, -0.2) is 23.1 Å². The summed E-state index contributed by atoms with van der Waals surface area (Å²) >= 11 is 0. The van der Waals surface area contributed by atoms with Crippen molar-refractivity contribution in [1.82, 2.24) is 23.1 Å². The van der Waals surface area contributed by atoms with Crippen molar-refractivity contribution in [2.75, 3.05) is 0 Å². The molecular formula is C22H27N5O2. The third kappa shape index (κ3) is 2.84. The third-order valence-electron chi connectivity index (χ3n) is 6.06. The molecule has 0 saturated heterocycles. The van der Waals surface area contributed by atoms with Gasteiger partial charge >= 0.3 is 5.69 Å². The number of nitrogens with zero attached hydrogens (tertiary/aromatic N) is 5. The molecule has 152 valence electrons. The molecule has 4 rings (SSSR count). The smallest absolute Gasteiger partial charge is 0.311 e. The minimum atomic E-state index is -0.330. The first-order valence-electron chi connectivity index (χ1n) is 10.1. The topological polar surface area (TPSA) is 66.2 Å². The van der Waals surface area contributed by atoms with Crippen LogP contribution in [0.3, 0.4) is 0 Å². The Hall–Kier alpha value is -3.09. The molecule has 7 heteroatoms. The molecule has 0 spiro atoms. The van der Waals surface area contributed by atoms with Gasteiger partial charge in [0.1, 0.15) is 0 Å². The normalized spacial score (nSPS) is 12.9. The van der Waals surface area contributed by atoms with Crippen LogP contribution in [0.1, 0.15) is 43.3 Å². The average Bonchev–Trinajstić information content (AvgIpc) is 3.22. The molecule has 0 aliphatic heterocycles. The fraction of sp³-hybridized carbons (Fsp3) is 0.409. The monoisotopic (exact) mass is 393 g/mol. The first kappa shape index (κ1) is 19.2. The zero-order valence-electron chi connectivity index (χ0n) is 17.6. The van der Waals surface area contributed by atoms with Gasteiger partial charge in [0.25, 0.3) is 5.56 Å².